The minimum absolute atomic E-state index is 0.0772. The summed E-state index contributed by atoms with van der Waals surface area (Å²) in [4.78, 5) is 17.2. The molecule has 78 valence electrons. The van der Waals surface area contributed by atoms with Crippen LogP contribution in [0.3, 0.4) is 0 Å². The van der Waals surface area contributed by atoms with E-state index in [1.807, 2.05) is 30.5 Å². The van der Waals surface area contributed by atoms with Gasteiger partial charge in [-0.1, -0.05) is 12.1 Å². The quantitative estimate of drug-likeness (QED) is 0.637. The molecule has 0 aliphatic heterocycles. The Morgan fingerprint density at radius 2 is 1.94 bits per heavy atom. The maximum Gasteiger partial charge on any atom is 0.248 e. The highest BCUT2D eigenvalue weighted by Crippen LogP contribution is 2.21. The number of hydrogen-bond acceptors (Lipinski definition) is 1. The van der Waals surface area contributed by atoms with Gasteiger partial charge in [0.2, 0.25) is 5.56 Å². The maximum absolute atomic E-state index is 11.2. The first-order valence-corrected chi connectivity index (χ1v) is 5.10. The number of aromatic nitrogens is 2. The van der Waals surface area contributed by atoms with Crippen LogP contribution < -0.4 is 5.56 Å². The van der Waals surface area contributed by atoms with Gasteiger partial charge >= 0.3 is 0 Å². The third kappa shape index (κ3) is 1.42. The number of benzene rings is 1. The van der Waals surface area contributed by atoms with Crippen molar-refractivity contribution < 1.29 is 0 Å². The van der Waals surface area contributed by atoms with Crippen molar-refractivity contribution in [2.75, 3.05) is 0 Å². The molecule has 3 rings (SSSR count). The first-order valence-electron chi connectivity index (χ1n) is 5.10. The van der Waals surface area contributed by atoms with Crippen LogP contribution in [0.15, 0.2) is 53.5 Å². The molecular weight excluding hydrogens is 200 g/mol. The minimum atomic E-state index is -0.0772. The summed E-state index contributed by atoms with van der Waals surface area (Å²) in [6.07, 6.45) is 1.90. The predicted molar refractivity (Wildman–Crippen MR) is 64.4 cm³/mol. The number of nitrogens with one attached hydrogen (secondary N) is 2. The van der Waals surface area contributed by atoms with Crippen LogP contribution >= 0.6 is 0 Å². The molecule has 0 bridgehead atoms. The Hall–Kier alpha value is -2.29. The second kappa shape index (κ2) is 3.38. The molecule has 2 aromatic heterocycles. The fourth-order valence-electron chi connectivity index (χ4n) is 1.84. The first kappa shape index (κ1) is 8.97. The van der Waals surface area contributed by atoms with Crippen LogP contribution in [0.2, 0.25) is 0 Å². The fraction of sp³-hybridized carbons (Fsp3) is 0. The van der Waals surface area contributed by atoms with Gasteiger partial charge in [0.05, 0.1) is 0 Å². The number of hydrogen-bond donors (Lipinski definition) is 2. The largest absolute Gasteiger partial charge is 0.361 e. The average Bonchev–Trinajstić information content (AvgIpc) is 2.75. The lowest BCUT2D eigenvalue weighted by atomic mass is 10.1. The summed E-state index contributed by atoms with van der Waals surface area (Å²) in [7, 11) is 0. The third-order valence-electron chi connectivity index (χ3n) is 2.63. The summed E-state index contributed by atoms with van der Waals surface area (Å²) >= 11 is 0. The van der Waals surface area contributed by atoms with Crippen molar-refractivity contribution in [3.05, 3.63) is 59.0 Å². The summed E-state index contributed by atoms with van der Waals surface area (Å²) in [6, 6.07) is 13.2. The van der Waals surface area contributed by atoms with E-state index in [1.54, 1.807) is 6.07 Å². The maximum atomic E-state index is 11.2. The normalized spacial score (nSPS) is 10.8. The standard InChI is InChI=1S/C13H10N2O/c16-13-3-1-2-12(15-13)9-4-5-11-10(8-9)6-7-14-11/h1-8,14H,(H,15,16). The molecule has 0 fully saturated rings. The van der Waals surface area contributed by atoms with Gasteiger partial charge in [-0.2, -0.15) is 0 Å². The fourth-order valence-corrected chi connectivity index (χ4v) is 1.84. The lowest BCUT2D eigenvalue weighted by molar-refractivity contribution is 1.24. The Morgan fingerprint density at radius 1 is 1.00 bits per heavy atom. The highest BCUT2D eigenvalue weighted by Gasteiger charge is 2.00. The predicted octanol–water partition coefficient (Wildman–Crippen LogP) is 2.52. The molecule has 1 aromatic carbocycles. The van der Waals surface area contributed by atoms with Crippen molar-refractivity contribution in [1.82, 2.24) is 9.97 Å². The Bertz CT molecular complexity index is 694. The van der Waals surface area contributed by atoms with Crippen molar-refractivity contribution in [3.63, 3.8) is 0 Å². The number of aromatic amines is 2. The van der Waals surface area contributed by atoms with Gasteiger partial charge in [0.25, 0.3) is 0 Å². The smallest absolute Gasteiger partial charge is 0.248 e. The van der Waals surface area contributed by atoms with Crippen LogP contribution in [0.25, 0.3) is 22.2 Å². The molecular formula is C13H10N2O. The molecule has 0 saturated carbocycles. The topological polar surface area (TPSA) is 48.6 Å². The van der Waals surface area contributed by atoms with Crippen molar-refractivity contribution in [3.8, 4) is 11.3 Å². The van der Waals surface area contributed by atoms with E-state index in [0.717, 1.165) is 22.2 Å². The molecule has 3 heteroatoms. The Morgan fingerprint density at radius 3 is 2.81 bits per heavy atom. The molecule has 2 N–H and O–H groups in total. The van der Waals surface area contributed by atoms with Crippen LogP contribution in [0, 0.1) is 0 Å². The molecule has 0 saturated heterocycles. The van der Waals surface area contributed by atoms with Gasteiger partial charge in [-0.3, -0.25) is 4.79 Å². The van der Waals surface area contributed by atoms with E-state index in [-0.39, 0.29) is 5.56 Å². The van der Waals surface area contributed by atoms with Crippen LogP contribution in [0.4, 0.5) is 0 Å². The lowest BCUT2D eigenvalue weighted by Crippen LogP contribution is -2.03. The average molecular weight is 210 g/mol. The number of rotatable bonds is 1. The summed E-state index contributed by atoms with van der Waals surface area (Å²) in [5.41, 5.74) is 2.88. The van der Waals surface area contributed by atoms with Crippen molar-refractivity contribution >= 4 is 10.9 Å². The van der Waals surface area contributed by atoms with E-state index >= 15 is 0 Å². The third-order valence-corrected chi connectivity index (χ3v) is 2.63. The summed E-state index contributed by atoms with van der Waals surface area (Å²) in [5.74, 6) is 0. The second-order valence-electron chi connectivity index (χ2n) is 3.71. The number of pyridine rings is 1. The van der Waals surface area contributed by atoms with Gasteiger partial charge in [0, 0.05) is 28.9 Å². The Kier molecular flexibility index (Phi) is 1.90. The molecule has 0 unspecified atom stereocenters. The van der Waals surface area contributed by atoms with Gasteiger partial charge in [-0.05, 0) is 29.8 Å². The summed E-state index contributed by atoms with van der Waals surface area (Å²) in [6.45, 7) is 0. The van der Waals surface area contributed by atoms with E-state index in [2.05, 4.69) is 16.0 Å². The number of fused-ring (bicyclic) bond motifs is 1. The summed E-state index contributed by atoms with van der Waals surface area (Å²) < 4.78 is 0. The highest BCUT2D eigenvalue weighted by atomic mass is 16.1. The molecule has 3 nitrogen and oxygen atoms in total. The molecule has 0 radical (unpaired) electrons. The van der Waals surface area contributed by atoms with Gasteiger partial charge < -0.3 is 9.97 Å². The minimum Gasteiger partial charge on any atom is -0.361 e. The zero-order valence-corrected chi connectivity index (χ0v) is 8.53. The zero-order chi connectivity index (χ0) is 11.0. The van der Waals surface area contributed by atoms with Crippen LogP contribution in [-0.2, 0) is 0 Å². The van der Waals surface area contributed by atoms with Gasteiger partial charge in [0.15, 0.2) is 0 Å². The van der Waals surface area contributed by atoms with Crippen molar-refractivity contribution in [2.45, 2.75) is 0 Å². The zero-order valence-electron chi connectivity index (χ0n) is 8.53. The molecule has 0 spiro atoms. The van der Waals surface area contributed by atoms with Crippen molar-refractivity contribution in [2.24, 2.45) is 0 Å². The second-order valence-corrected chi connectivity index (χ2v) is 3.71. The van der Waals surface area contributed by atoms with Gasteiger partial charge in [0.1, 0.15) is 0 Å². The van der Waals surface area contributed by atoms with Gasteiger partial charge in [-0.25, -0.2) is 0 Å². The highest BCUT2D eigenvalue weighted by molar-refractivity contribution is 5.84. The van der Waals surface area contributed by atoms with Crippen LogP contribution in [0.1, 0.15) is 0 Å². The molecule has 2 heterocycles. The molecule has 0 amide bonds. The van der Waals surface area contributed by atoms with E-state index in [9.17, 15) is 4.79 Å². The monoisotopic (exact) mass is 210 g/mol. The Balaban J connectivity index is 2.21. The molecule has 3 aromatic rings. The molecule has 0 aliphatic carbocycles. The number of H-pyrrole nitrogens is 2. The van der Waals surface area contributed by atoms with E-state index in [0.29, 0.717) is 0 Å². The molecule has 16 heavy (non-hydrogen) atoms. The molecule has 0 atom stereocenters. The van der Waals surface area contributed by atoms with Crippen LogP contribution in [0.5, 0.6) is 0 Å². The van der Waals surface area contributed by atoms with E-state index < -0.39 is 0 Å². The van der Waals surface area contributed by atoms with Crippen LogP contribution in [-0.4, -0.2) is 9.97 Å². The SMILES string of the molecule is O=c1cccc(-c2ccc3[nH]ccc3c2)[nH]1. The van der Waals surface area contributed by atoms with E-state index in [4.69, 9.17) is 0 Å². The summed E-state index contributed by atoms with van der Waals surface area (Å²) in [5, 5.41) is 1.14. The van der Waals surface area contributed by atoms with Gasteiger partial charge in [-0.15, -0.1) is 0 Å². The molecule has 0 aliphatic rings. The first-order chi connectivity index (χ1) is 7.83. The lowest BCUT2D eigenvalue weighted by Gasteiger charge is -2.01. The van der Waals surface area contributed by atoms with Crippen molar-refractivity contribution in [1.29, 1.82) is 0 Å². The van der Waals surface area contributed by atoms with E-state index in [1.165, 1.54) is 6.07 Å². The Labute approximate surface area is 91.8 Å².